The minimum atomic E-state index is -0.138. The highest BCUT2D eigenvalue weighted by atomic mass is 15.0. The first-order valence-corrected chi connectivity index (χ1v) is 9.84. The molecule has 0 saturated heterocycles. The molecule has 0 aliphatic carbocycles. The van der Waals surface area contributed by atoms with Crippen molar-refractivity contribution >= 4 is 17.5 Å². The van der Waals surface area contributed by atoms with Gasteiger partial charge in [-0.05, 0) is 49.0 Å². The van der Waals surface area contributed by atoms with Crippen LogP contribution in [0, 0.1) is 5.41 Å². The second-order valence-electron chi connectivity index (χ2n) is 7.72. The number of fused-ring (bicyclic) bond motifs is 1. The van der Waals surface area contributed by atoms with Crippen molar-refractivity contribution in [1.82, 2.24) is 9.88 Å². The third kappa shape index (κ3) is 3.71. The van der Waals surface area contributed by atoms with Crippen molar-refractivity contribution in [3.63, 3.8) is 0 Å². The Kier molecular flexibility index (Phi) is 5.28. The fourth-order valence-electron chi connectivity index (χ4n) is 4.15. The molecule has 2 aromatic carbocycles. The zero-order valence-corrected chi connectivity index (χ0v) is 16.9. The summed E-state index contributed by atoms with van der Waals surface area (Å²) in [6.45, 7) is 4.82. The molecule has 0 radical (unpaired) electrons. The molecule has 1 aliphatic heterocycles. The first kappa shape index (κ1) is 19.1. The molecule has 0 bridgehead atoms. The molecule has 4 rings (SSSR count). The van der Waals surface area contributed by atoms with E-state index in [0.717, 1.165) is 34.6 Å². The van der Waals surface area contributed by atoms with E-state index in [1.165, 1.54) is 5.56 Å². The van der Waals surface area contributed by atoms with Crippen LogP contribution in [-0.2, 0) is 6.54 Å². The third-order valence-corrected chi connectivity index (χ3v) is 5.36. The Bertz CT molecular complexity index is 1040. The maximum absolute atomic E-state index is 9.18. The van der Waals surface area contributed by atoms with Gasteiger partial charge < -0.3 is 15.6 Å². The van der Waals surface area contributed by atoms with E-state index in [4.69, 9.17) is 0 Å². The molecule has 2 unspecified atom stereocenters. The Balaban J connectivity index is 1.86. The number of nitrogens with zero attached hydrogens (tertiary/aromatic N) is 2. The quantitative estimate of drug-likeness (QED) is 0.645. The average Bonchev–Trinajstić information content (AvgIpc) is 2.73. The largest absolute Gasteiger partial charge is 0.375 e. The molecule has 2 atom stereocenters. The zero-order chi connectivity index (χ0) is 20.4. The number of rotatable bonds is 5. The van der Waals surface area contributed by atoms with Gasteiger partial charge in [0.15, 0.2) is 0 Å². The zero-order valence-electron chi connectivity index (χ0n) is 16.9. The summed E-state index contributed by atoms with van der Waals surface area (Å²) in [5.41, 5.74) is 6.78. The molecular formula is C25H26N4. The average molecular weight is 383 g/mol. The normalized spacial score (nSPS) is 18.2. The van der Waals surface area contributed by atoms with Crippen LogP contribution in [0.25, 0.3) is 6.08 Å². The summed E-state index contributed by atoms with van der Waals surface area (Å²) in [6, 6.07) is 20.5. The van der Waals surface area contributed by atoms with E-state index in [2.05, 4.69) is 60.1 Å². The molecule has 4 nitrogen and oxygen atoms in total. The maximum atomic E-state index is 9.18. The van der Waals surface area contributed by atoms with Gasteiger partial charge in [-0.25, -0.2) is 0 Å². The Morgan fingerprint density at radius 3 is 2.66 bits per heavy atom. The van der Waals surface area contributed by atoms with Crippen LogP contribution in [0.15, 0.2) is 73.4 Å². The molecule has 29 heavy (non-hydrogen) atoms. The van der Waals surface area contributed by atoms with Crippen molar-refractivity contribution in [1.29, 1.82) is 5.41 Å². The van der Waals surface area contributed by atoms with Gasteiger partial charge >= 0.3 is 0 Å². The smallest absolute Gasteiger partial charge is 0.0809 e. The Hall–Kier alpha value is -3.24. The minimum absolute atomic E-state index is 0.106. The van der Waals surface area contributed by atoms with Gasteiger partial charge in [0.05, 0.1) is 23.4 Å². The van der Waals surface area contributed by atoms with E-state index in [9.17, 15) is 5.41 Å². The van der Waals surface area contributed by atoms with Crippen molar-refractivity contribution in [2.24, 2.45) is 0 Å². The van der Waals surface area contributed by atoms with Crippen LogP contribution in [0.3, 0.4) is 0 Å². The van der Waals surface area contributed by atoms with E-state index >= 15 is 0 Å². The standard InChI is InChI=1S/C25H26N4/c1-4-18-10-8-13-20-22(18)24(26)23(25(28-20)21-12-5-6-14-27-21)19-11-7-9-17(15-19)16-29(2)3/h4-15,23,25-26,28H,1,16H2,2-3H3. The van der Waals surface area contributed by atoms with Crippen LogP contribution in [0.2, 0.25) is 0 Å². The number of nitrogens with one attached hydrogen (secondary N) is 2. The van der Waals surface area contributed by atoms with Crippen LogP contribution in [0.4, 0.5) is 5.69 Å². The molecule has 3 aromatic rings. The number of hydrogen-bond acceptors (Lipinski definition) is 4. The molecule has 2 N–H and O–H groups in total. The van der Waals surface area contributed by atoms with Gasteiger partial charge in [0.1, 0.15) is 0 Å². The van der Waals surface area contributed by atoms with Crippen molar-refractivity contribution < 1.29 is 0 Å². The van der Waals surface area contributed by atoms with Crippen LogP contribution < -0.4 is 5.32 Å². The maximum Gasteiger partial charge on any atom is 0.0809 e. The lowest BCUT2D eigenvalue weighted by Gasteiger charge is -2.36. The molecule has 0 amide bonds. The van der Waals surface area contributed by atoms with E-state index < -0.39 is 0 Å². The summed E-state index contributed by atoms with van der Waals surface area (Å²) >= 11 is 0. The Morgan fingerprint density at radius 1 is 1.10 bits per heavy atom. The van der Waals surface area contributed by atoms with Gasteiger partial charge in [0, 0.05) is 24.0 Å². The van der Waals surface area contributed by atoms with Gasteiger partial charge in [-0.1, -0.05) is 55.1 Å². The summed E-state index contributed by atoms with van der Waals surface area (Å²) in [5, 5.41) is 12.8. The summed E-state index contributed by atoms with van der Waals surface area (Å²) in [4.78, 5) is 6.77. The third-order valence-electron chi connectivity index (χ3n) is 5.36. The summed E-state index contributed by atoms with van der Waals surface area (Å²) < 4.78 is 0. The van der Waals surface area contributed by atoms with Crippen molar-refractivity contribution in [3.8, 4) is 0 Å². The van der Waals surface area contributed by atoms with Gasteiger partial charge in [-0.2, -0.15) is 0 Å². The SMILES string of the molecule is C=Cc1cccc2c1C(=N)C(c1cccc(CN(C)C)c1)C(c1ccccn1)N2. The molecule has 1 aliphatic rings. The first-order valence-electron chi connectivity index (χ1n) is 9.84. The highest BCUT2D eigenvalue weighted by Gasteiger charge is 2.36. The Morgan fingerprint density at radius 2 is 1.93 bits per heavy atom. The molecule has 146 valence electrons. The predicted octanol–water partition coefficient (Wildman–Crippen LogP) is 5.10. The van der Waals surface area contributed by atoms with Crippen LogP contribution in [0.1, 0.15) is 39.9 Å². The minimum Gasteiger partial charge on any atom is -0.375 e. The number of benzene rings is 2. The number of hydrogen-bond donors (Lipinski definition) is 2. The molecule has 0 fully saturated rings. The summed E-state index contributed by atoms with van der Waals surface area (Å²) in [5.74, 6) is -0.138. The summed E-state index contributed by atoms with van der Waals surface area (Å²) in [6.07, 6.45) is 3.64. The van der Waals surface area contributed by atoms with Crippen LogP contribution >= 0.6 is 0 Å². The lowest BCUT2D eigenvalue weighted by Crippen LogP contribution is -2.33. The highest BCUT2D eigenvalue weighted by Crippen LogP contribution is 2.43. The molecule has 2 heterocycles. The van der Waals surface area contributed by atoms with Gasteiger partial charge in [-0.3, -0.25) is 4.98 Å². The number of pyridine rings is 1. The lowest BCUT2D eigenvalue weighted by molar-refractivity contribution is 0.402. The van der Waals surface area contributed by atoms with E-state index in [0.29, 0.717) is 5.71 Å². The highest BCUT2D eigenvalue weighted by molar-refractivity contribution is 6.11. The van der Waals surface area contributed by atoms with Gasteiger partial charge in [-0.15, -0.1) is 0 Å². The number of aromatic nitrogens is 1. The predicted molar refractivity (Wildman–Crippen MR) is 121 cm³/mol. The topological polar surface area (TPSA) is 52.0 Å². The summed E-state index contributed by atoms with van der Waals surface area (Å²) in [7, 11) is 4.14. The van der Waals surface area contributed by atoms with Gasteiger partial charge in [0.25, 0.3) is 0 Å². The molecule has 0 spiro atoms. The van der Waals surface area contributed by atoms with Gasteiger partial charge in [0.2, 0.25) is 0 Å². The molecular weight excluding hydrogens is 356 g/mol. The monoisotopic (exact) mass is 382 g/mol. The molecule has 4 heteroatoms. The van der Waals surface area contributed by atoms with Crippen molar-refractivity contribution in [3.05, 3.63) is 101 Å². The first-order chi connectivity index (χ1) is 14.1. The fourth-order valence-corrected chi connectivity index (χ4v) is 4.15. The Labute approximate surface area is 172 Å². The second kappa shape index (κ2) is 8.02. The van der Waals surface area contributed by atoms with Crippen molar-refractivity contribution in [2.75, 3.05) is 19.4 Å². The fraction of sp³-hybridized carbons (Fsp3) is 0.200. The van der Waals surface area contributed by atoms with E-state index in [-0.39, 0.29) is 12.0 Å². The molecule has 0 saturated carbocycles. The van der Waals surface area contributed by atoms with Crippen LogP contribution in [0.5, 0.6) is 0 Å². The molecule has 1 aromatic heterocycles. The second-order valence-corrected chi connectivity index (χ2v) is 7.72. The lowest BCUT2D eigenvalue weighted by atomic mass is 9.77. The van der Waals surface area contributed by atoms with E-state index in [1.807, 2.05) is 48.7 Å². The van der Waals surface area contributed by atoms with E-state index in [1.54, 1.807) is 0 Å². The van der Waals surface area contributed by atoms with Crippen LogP contribution in [-0.4, -0.2) is 29.7 Å². The van der Waals surface area contributed by atoms with Crippen molar-refractivity contribution in [2.45, 2.75) is 18.5 Å². The number of anilines is 1.